The molecular weight excluding hydrogens is 270 g/mol. The number of urea groups is 1. The number of carbonyl (C=O) groups is 2. The number of piperidine rings is 1. The number of nitrogens with zero attached hydrogens (tertiary/aromatic N) is 3. The number of likely N-dealkylation sites (tertiary alicyclic amines) is 3. The molecule has 0 aliphatic carbocycles. The van der Waals surface area contributed by atoms with Gasteiger partial charge in [-0.15, -0.1) is 0 Å². The van der Waals surface area contributed by atoms with Crippen LogP contribution < -0.4 is 0 Å². The molecule has 0 aromatic heterocycles. The maximum atomic E-state index is 12.6. The molecule has 1 N–H and O–H groups in total. The number of hydrogen-bond acceptors (Lipinski definition) is 3. The van der Waals surface area contributed by atoms with Gasteiger partial charge in [-0.3, -0.25) is 4.90 Å². The molecule has 6 nitrogen and oxygen atoms in total. The average Bonchev–Trinajstić information content (AvgIpc) is 3.17. The van der Waals surface area contributed by atoms with E-state index in [-0.39, 0.29) is 6.03 Å². The number of rotatable bonds is 2. The number of carbonyl (C=O) groups excluding carboxylic acids is 1. The standard InChI is InChI=1S/C15H25N3O3/c19-14(20)13-5-4-9-18(13)15(21)17-10-6-12(11-17)16-7-2-1-3-8-16/h12-13H,1-11H2,(H,19,20)/t12?,13-/m1/s1. The van der Waals surface area contributed by atoms with Crippen molar-refractivity contribution in [3.8, 4) is 0 Å². The van der Waals surface area contributed by atoms with Gasteiger partial charge in [0.2, 0.25) is 0 Å². The quantitative estimate of drug-likeness (QED) is 0.832. The topological polar surface area (TPSA) is 64.1 Å². The van der Waals surface area contributed by atoms with E-state index in [1.165, 1.54) is 19.3 Å². The molecular formula is C15H25N3O3. The van der Waals surface area contributed by atoms with Crippen LogP contribution in [0.5, 0.6) is 0 Å². The lowest BCUT2D eigenvalue weighted by molar-refractivity contribution is -0.141. The Hall–Kier alpha value is -1.30. The fourth-order valence-corrected chi connectivity index (χ4v) is 3.93. The van der Waals surface area contributed by atoms with Gasteiger partial charge in [-0.2, -0.15) is 0 Å². The highest BCUT2D eigenvalue weighted by atomic mass is 16.4. The Kier molecular flexibility index (Phi) is 4.33. The van der Waals surface area contributed by atoms with E-state index in [2.05, 4.69) is 4.90 Å². The molecule has 0 bridgehead atoms. The zero-order valence-corrected chi connectivity index (χ0v) is 12.5. The Morgan fingerprint density at radius 1 is 0.905 bits per heavy atom. The lowest BCUT2D eigenvalue weighted by atomic mass is 10.1. The number of aliphatic carboxylic acids is 1. The van der Waals surface area contributed by atoms with Crippen LogP contribution in [0.3, 0.4) is 0 Å². The van der Waals surface area contributed by atoms with Gasteiger partial charge in [0.25, 0.3) is 0 Å². The molecule has 0 aromatic rings. The summed E-state index contributed by atoms with van der Waals surface area (Å²) < 4.78 is 0. The molecule has 6 heteroatoms. The normalized spacial score (nSPS) is 30.9. The molecule has 0 aromatic carbocycles. The van der Waals surface area contributed by atoms with Crippen LogP contribution >= 0.6 is 0 Å². The predicted molar refractivity (Wildman–Crippen MR) is 78.2 cm³/mol. The van der Waals surface area contributed by atoms with Crippen LogP contribution in [0.25, 0.3) is 0 Å². The number of carboxylic acid groups (broad SMARTS) is 1. The minimum Gasteiger partial charge on any atom is -0.480 e. The third kappa shape index (κ3) is 3.00. The zero-order chi connectivity index (χ0) is 14.8. The van der Waals surface area contributed by atoms with E-state index in [1.54, 1.807) is 4.90 Å². The molecule has 3 saturated heterocycles. The summed E-state index contributed by atoms with van der Waals surface area (Å²) in [6, 6.07) is -0.217. The summed E-state index contributed by atoms with van der Waals surface area (Å²) in [5.41, 5.74) is 0. The molecule has 21 heavy (non-hydrogen) atoms. The van der Waals surface area contributed by atoms with Crippen molar-refractivity contribution in [2.75, 3.05) is 32.7 Å². The van der Waals surface area contributed by atoms with Gasteiger partial charge < -0.3 is 14.9 Å². The SMILES string of the molecule is O=C(O)[C@H]1CCCN1C(=O)N1CCC(N2CCCCC2)C1. The first-order chi connectivity index (χ1) is 10.2. The summed E-state index contributed by atoms with van der Waals surface area (Å²) >= 11 is 0. The molecule has 3 aliphatic rings. The zero-order valence-electron chi connectivity index (χ0n) is 12.5. The third-order valence-electron chi connectivity index (χ3n) is 5.12. The first-order valence-electron chi connectivity index (χ1n) is 8.19. The van der Waals surface area contributed by atoms with Gasteiger partial charge in [-0.1, -0.05) is 6.42 Å². The van der Waals surface area contributed by atoms with Crippen molar-refractivity contribution < 1.29 is 14.7 Å². The lowest BCUT2D eigenvalue weighted by Crippen LogP contribution is -2.48. The average molecular weight is 295 g/mol. The van der Waals surface area contributed by atoms with Crippen LogP contribution in [0.2, 0.25) is 0 Å². The molecule has 0 saturated carbocycles. The van der Waals surface area contributed by atoms with Gasteiger partial charge in [0.1, 0.15) is 6.04 Å². The summed E-state index contributed by atoms with van der Waals surface area (Å²) in [5, 5.41) is 9.21. The molecule has 3 fully saturated rings. The predicted octanol–water partition coefficient (Wildman–Crippen LogP) is 1.22. The molecule has 2 amide bonds. The van der Waals surface area contributed by atoms with Crippen molar-refractivity contribution in [2.24, 2.45) is 0 Å². The van der Waals surface area contributed by atoms with Crippen molar-refractivity contribution in [3.05, 3.63) is 0 Å². The summed E-state index contributed by atoms with van der Waals surface area (Å²) in [5.74, 6) is -0.868. The molecule has 0 spiro atoms. The molecule has 2 atom stereocenters. The van der Waals surface area contributed by atoms with E-state index in [4.69, 9.17) is 0 Å². The summed E-state index contributed by atoms with van der Waals surface area (Å²) in [6.45, 7) is 4.41. The second kappa shape index (κ2) is 6.22. The van der Waals surface area contributed by atoms with Gasteiger partial charge in [0, 0.05) is 25.7 Å². The van der Waals surface area contributed by atoms with Crippen molar-refractivity contribution in [3.63, 3.8) is 0 Å². The first kappa shape index (κ1) is 14.6. The van der Waals surface area contributed by atoms with Gasteiger partial charge in [-0.05, 0) is 45.2 Å². The smallest absolute Gasteiger partial charge is 0.326 e. The lowest BCUT2D eigenvalue weighted by Gasteiger charge is -2.33. The maximum absolute atomic E-state index is 12.6. The van der Waals surface area contributed by atoms with Gasteiger partial charge in [0.15, 0.2) is 0 Å². The van der Waals surface area contributed by atoms with Crippen LogP contribution in [-0.4, -0.2) is 76.6 Å². The van der Waals surface area contributed by atoms with E-state index in [0.717, 1.165) is 39.0 Å². The van der Waals surface area contributed by atoms with E-state index in [9.17, 15) is 14.7 Å². The highest BCUT2D eigenvalue weighted by molar-refractivity contribution is 5.83. The summed E-state index contributed by atoms with van der Waals surface area (Å²) in [6.07, 6.45) is 6.25. The first-order valence-corrected chi connectivity index (χ1v) is 8.19. The molecule has 118 valence electrons. The molecule has 3 rings (SSSR count). The van der Waals surface area contributed by atoms with Crippen LogP contribution in [0.4, 0.5) is 4.79 Å². The number of amides is 2. The molecule has 3 heterocycles. The fraction of sp³-hybridized carbons (Fsp3) is 0.867. The van der Waals surface area contributed by atoms with Crippen LogP contribution in [0, 0.1) is 0 Å². The second-order valence-electron chi connectivity index (χ2n) is 6.46. The van der Waals surface area contributed by atoms with E-state index in [0.29, 0.717) is 19.0 Å². The number of carboxylic acids is 1. The number of hydrogen-bond donors (Lipinski definition) is 1. The van der Waals surface area contributed by atoms with Gasteiger partial charge in [-0.25, -0.2) is 9.59 Å². The molecule has 3 aliphatic heterocycles. The second-order valence-corrected chi connectivity index (χ2v) is 6.46. The van der Waals surface area contributed by atoms with Crippen molar-refractivity contribution in [1.82, 2.24) is 14.7 Å². The molecule has 0 radical (unpaired) electrons. The van der Waals surface area contributed by atoms with Crippen molar-refractivity contribution >= 4 is 12.0 Å². The maximum Gasteiger partial charge on any atom is 0.326 e. The Morgan fingerprint density at radius 3 is 2.38 bits per heavy atom. The summed E-state index contributed by atoms with van der Waals surface area (Å²) in [4.78, 5) is 29.7. The Labute approximate surface area is 125 Å². The van der Waals surface area contributed by atoms with Crippen molar-refractivity contribution in [1.29, 1.82) is 0 Å². The van der Waals surface area contributed by atoms with Gasteiger partial charge in [0.05, 0.1) is 0 Å². The fourth-order valence-electron chi connectivity index (χ4n) is 3.93. The highest BCUT2D eigenvalue weighted by Crippen LogP contribution is 2.24. The Bertz CT molecular complexity index is 409. The molecule has 1 unspecified atom stereocenters. The summed E-state index contributed by atoms with van der Waals surface area (Å²) in [7, 11) is 0. The van der Waals surface area contributed by atoms with Crippen molar-refractivity contribution in [2.45, 2.75) is 50.6 Å². The van der Waals surface area contributed by atoms with Gasteiger partial charge >= 0.3 is 12.0 Å². The Morgan fingerprint density at radius 2 is 1.67 bits per heavy atom. The van der Waals surface area contributed by atoms with E-state index < -0.39 is 12.0 Å². The van der Waals surface area contributed by atoms with E-state index in [1.807, 2.05) is 4.90 Å². The largest absolute Gasteiger partial charge is 0.480 e. The third-order valence-corrected chi connectivity index (χ3v) is 5.12. The highest BCUT2D eigenvalue weighted by Gasteiger charge is 2.39. The van der Waals surface area contributed by atoms with E-state index >= 15 is 0 Å². The van der Waals surface area contributed by atoms with Crippen LogP contribution in [0.15, 0.2) is 0 Å². The minimum absolute atomic E-state index is 0.0700. The monoisotopic (exact) mass is 295 g/mol. The van der Waals surface area contributed by atoms with Crippen LogP contribution in [0.1, 0.15) is 38.5 Å². The minimum atomic E-state index is -0.868. The Balaban J connectivity index is 1.57. The van der Waals surface area contributed by atoms with Crippen LogP contribution in [-0.2, 0) is 4.79 Å².